The summed E-state index contributed by atoms with van der Waals surface area (Å²) in [6.45, 7) is 4.87. The van der Waals surface area contributed by atoms with Crippen LogP contribution in [0.1, 0.15) is 11.4 Å². The predicted octanol–water partition coefficient (Wildman–Crippen LogP) is 0.800. The van der Waals surface area contributed by atoms with Crippen molar-refractivity contribution in [3.05, 3.63) is 29.8 Å². The van der Waals surface area contributed by atoms with Crippen molar-refractivity contribution >= 4 is 11.8 Å². The predicted molar refractivity (Wildman–Crippen MR) is 72.0 cm³/mol. The zero-order valence-corrected chi connectivity index (χ0v) is 11.3. The van der Waals surface area contributed by atoms with Gasteiger partial charge in [-0.15, -0.1) is 0 Å². The fourth-order valence-corrected chi connectivity index (χ4v) is 2.31. The first-order valence-electron chi connectivity index (χ1n) is 6.38. The van der Waals surface area contributed by atoms with Crippen LogP contribution in [0.25, 0.3) is 5.82 Å². The molecule has 20 heavy (non-hydrogen) atoms. The third kappa shape index (κ3) is 2.11. The molecule has 0 spiro atoms. The fraction of sp³-hybridized carbons (Fsp3) is 0.385. The Bertz CT molecular complexity index is 661. The Labute approximate surface area is 115 Å². The van der Waals surface area contributed by atoms with Crippen LogP contribution in [0.5, 0.6) is 0 Å². The third-order valence-corrected chi connectivity index (χ3v) is 3.42. The monoisotopic (exact) mass is 273 g/mol. The van der Waals surface area contributed by atoms with Crippen LogP contribution in [0, 0.1) is 19.8 Å². The summed E-state index contributed by atoms with van der Waals surface area (Å²) >= 11 is 0. The van der Waals surface area contributed by atoms with Crippen LogP contribution in [0.3, 0.4) is 0 Å². The second-order valence-corrected chi connectivity index (χ2v) is 5.01. The van der Waals surface area contributed by atoms with Crippen molar-refractivity contribution in [1.82, 2.24) is 19.7 Å². The lowest BCUT2D eigenvalue weighted by Gasteiger charge is -2.37. The molecule has 0 bridgehead atoms. The van der Waals surface area contributed by atoms with Crippen molar-refractivity contribution in [3.63, 3.8) is 0 Å². The zero-order valence-electron chi connectivity index (χ0n) is 11.3. The Kier molecular flexibility index (Phi) is 2.89. The first-order valence-corrected chi connectivity index (χ1v) is 6.38. The van der Waals surface area contributed by atoms with Crippen molar-refractivity contribution in [2.75, 3.05) is 18.0 Å². The standard InChI is InChI=1S/C13H15N5O2/c1-8-3-9(2)18(16-8)12-4-11(14-7-15-12)17-5-10(6-17)13(19)20/h3-4,7,10H,5-6H2,1-2H3,(H,19,20). The number of carboxylic acid groups (broad SMARTS) is 1. The number of rotatable bonds is 3. The molecule has 7 nitrogen and oxygen atoms in total. The molecule has 0 amide bonds. The Hall–Kier alpha value is -2.44. The van der Waals surface area contributed by atoms with E-state index in [1.807, 2.05) is 30.9 Å². The van der Waals surface area contributed by atoms with Gasteiger partial charge in [-0.2, -0.15) is 5.10 Å². The van der Waals surface area contributed by atoms with Gasteiger partial charge in [0.25, 0.3) is 0 Å². The van der Waals surface area contributed by atoms with E-state index in [4.69, 9.17) is 5.11 Å². The Balaban J connectivity index is 1.84. The summed E-state index contributed by atoms with van der Waals surface area (Å²) in [5.74, 6) is 0.371. The Morgan fingerprint density at radius 2 is 1.95 bits per heavy atom. The van der Waals surface area contributed by atoms with Gasteiger partial charge in [0.15, 0.2) is 5.82 Å². The summed E-state index contributed by atoms with van der Waals surface area (Å²) < 4.78 is 1.76. The number of carbonyl (C=O) groups is 1. The maximum Gasteiger partial charge on any atom is 0.310 e. The minimum absolute atomic E-state index is 0.304. The van der Waals surface area contributed by atoms with E-state index in [-0.39, 0.29) is 5.92 Å². The molecular formula is C13H15N5O2. The van der Waals surface area contributed by atoms with Crippen LogP contribution in [0.4, 0.5) is 5.82 Å². The molecule has 1 saturated heterocycles. The Morgan fingerprint density at radius 1 is 1.25 bits per heavy atom. The van der Waals surface area contributed by atoms with Crippen LogP contribution in [-0.2, 0) is 4.79 Å². The maximum absolute atomic E-state index is 10.8. The molecule has 0 saturated carbocycles. The Morgan fingerprint density at radius 3 is 2.55 bits per heavy atom. The number of aryl methyl sites for hydroxylation is 2. The molecule has 3 rings (SSSR count). The van der Waals surface area contributed by atoms with Gasteiger partial charge in [0.05, 0.1) is 11.6 Å². The first kappa shape index (κ1) is 12.6. The van der Waals surface area contributed by atoms with E-state index in [1.54, 1.807) is 4.68 Å². The summed E-state index contributed by atoms with van der Waals surface area (Å²) in [5.41, 5.74) is 1.93. The smallest absolute Gasteiger partial charge is 0.310 e. The van der Waals surface area contributed by atoms with Gasteiger partial charge in [-0.25, -0.2) is 14.6 Å². The number of carboxylic acids is 1. The summed E-state index contributed by atoms with van der Waals surface area (Å²) in [4.78, 5) is 21.2. The molecule has 3 heterocycles. The fourth-order valence-electron chi connectivity index (χ4n) is 2.31. The molecule has 1 fully saturated rings. The van der Waals surface area contributed by atoms with Crippen molar-refractivity contribution in [2.24, 2.45) is 5.92 Å². The highest BCUT2D eigenvalue weighted by Crippen LogP contribution is 2.23. The van der Waals surface area contributed by atoms with E-state index < -0.39 is 5.97 Å². The lowest BCUT2D eigenvalue weighted by molar-refractivity contribution is -0.142. The van der Waals surface area contributed by atoms with E-state index in [0.717, 1.165) is 17.2 Å². The second kappa shape index (κ2) is 4.59. The van der Waals surface area contributed by atoms with E-state index >= 15 is 0 Å². The van der Waals surface area contributed by atoms with Gasteiger partial charge >= 0.3 is 5.97 Å². The normalized spacial score (nSPS) is 15.2. The average Bonchev–Trinajstić information content (AvgIpc) is 2.66. The minimum Gasteiger partial charge on any atom is -0.481 e. The minimum atomic E-state index is -0.755. The summed E-state index contributed by atoms with van der Waals surface area (Å²) in [6.07, 6.45) is 1.48. The molecule has 7 heteroatoms. The topological polar surface area (TPSA) is 84.1 Å². The lowest BCUT2D eigenvalue weighted by atomic mass is 10.0. The number of hydrogen-bond donors (Lipinski definition) is 1. The van der Waals surface area contributed by atoms with Crippen LogP contribution < -0.4 is 4.90 Å². The number of nitrogens with zero attached hydrogens (tertiary/aromatic N) is 5. The third-order valence-electron chi connectivity index (χ3n) is 3.42. The number of hydrogen-bond acceptors (Lipinski definition) is 5. The highest BCUT2D eigenvalue weighted by molar-refractivity contribution is 5.74. The van der Waals surface area contributed by atoms with Gasteiger partial charge in [-0.1, -0.05) is 0 Å². The molecule has 2 aromatic rings. The van der Waals surface area contributed by atoms with Crippen molar-refractivity contribution in [3.8, 4) is 5.82 Å². The van der Waals surface area contributed by atoms with E-state index in [1.165, 1.54) is 6.33 Å². The lowest BCUT2D eigenvalue weighted by Crippen LogP contribution is -2.50. The maximum atomic E-state index is 10.8. The molecule has 2 aromatic heterocycles. The van der Waals surface area contributed by atoms with Crippen molar-refractivity contribution in [1.29, 1.82) is 0 Å². The SMILES string of the molecule is Cc1cc(C)n(-c2cc(N3CC(C(=O)O)C3)ncn2)n1. The number of aliphatic carboxylic acids is 1. The quantitative estimate of drug-likeness (QED) is 0.890. The first-order chi connectivity index (χ1) is 9.54. The average molecular weight is 273 g/mol. The second-order valence-electron chi connectivity index (χ2n) is 5.01. The molecule has 1 aliphatic heterocycles. The number of anilines is 1. The number of aromatic nitrogens is 4. The zero-order chi connectivity index (χ0) is 14.3. The molecule has 0 aliphatic carbocycles. The van der Waals surface area contributed by atoms with Gasteiger partial charge in [0, 0.05) is 24.8 Å². The molecule has 0 aromatic carbocycles. The molecule has 1 N–H and O–H groups in total. The summed E-state index contributed by atoms with van der Waals surface area (Å²) in [6, 6.07) is 3.81. The van der Waals surface area contributed by atoms with Crippen molar-refractivity contribution < 1.29 is 9.90 Å². The van der Waals surface area contributed by atoms with Gasteiger partial charge in [0.1, 0.15) is 12.1 Å². The van der Waals surface area contributed by atoms with Crippen LogP contribution in [0.15, 0.2) is 18.5 Å². The molecule has 1 aliphatic rings. The highest BCUT2D eigenvalue weighted by Gasteiger charge is 2.33. The highest BCUT2D eigenvalue weighted by atomic mass is 16.4. The van der Waals surface area contributed by atoms with Crippen molar-refractivity contribution in [2.45, 2.75) is 13.8 Å². The van der Waals surface area contributed by atoms with Crippen LogP contribution in [0.2, 0.25) is 0 Å². The molecular weight excluding hydrogens is 258 g/mol. The van der Waals surface area contributed by atoms with Crippen LogP contribution >= 0.6 is 0 Å². The van der Waals surface area contributed by atoms with Gasteiger partial charge in [-0.05, 0) is 19.9 Å². The van der Waals surface area contributed by atoms with Gasteiger partial charge in [-0.3, -0.25) is 4.79 Å². The summed E-state index contributed by atoms with van der Waals surface area (Å²) in [5, 5.41) is 13.3. The summed E-state index contributed by atoms with van der Waals surface area (Å²) in [7, 11) is 0. The van der Waals surface area contributed by atoms with Gasteiger partial charge in [0.2, 0.25) is 0 Å². The largest absolute Gasteiger partial charge is 0.481 e. The van der Waals surface area contributed by atoms with E-state index in [9.17, 15) is 4.79 Å². The molecule has 104 valence electrons. The van der Waals surface area contributed by atoms with Gasteiger partial charge < -0.3 is 10.0 Å². The molecule has 0 unspecified atom stereocenters. The molecule has 0 radical (unpaired) electrons. The van der Waals surface area contributed by atoms with Crippen LogP contribution in [-0.4, -0.2) is 43.9 Å². The van der Waals surface area contributed by atoms with E-state index in [0.29, 0.717) is 18.9 Å². The molecule has 0 atom stereocenters. The van der Waals surface area contributed by atoms with E-state index in [2.05, 4.69) is 15.1 Å².